The number of para-hydroxylation sites is 2. The number of benzene rings is 2. The van der Waals surface area contributed by atoms with E-state index in [-0.39, 0.29) is 43.7 Å². The molecule has 34 heavy (non-hydrogen) atoms. The molecule has 0 aliphatic carbocycles. The maximum absolute atomic E-state index is 13.1. The van der Waals surface area contributed by atoms with Gasteiger partial charge in [-0.2, -0.15) is 0 Å². The number of rotatable bonds is 2. The lowest BCUT2D eigenvalue weighted by molar-refractivity contribution is -0.121. The molecule has 0 atom stereocenters. The summed E-state index contributed by atoms with van der Waals surface area (Å²) in [5, 5.41) is 5.59. The topological polar surface area (TPSA) is 123 Å². The molecule has 3 aromatic rings. The molecule has 2 aromatic carbocycles. The normalized spacial score (nSPS) is 15.4. The van der Waals surface area contributed by atoms with E-state index < -0.39 is 5.91 Å². The van der Waals surface area contributed by atoms with Crippen LogP contribution in [-0.4, -0.2) is 72.5 Å². The average molecular weight is 463 g/mol. The Morgan fingerprint density at radius 2 is 1.91 bits per heavy atom. The van der Waals surface area contributed by atoms with Crippen molar-refractivity contribution in [1.29, 1.82) is 0 Å². The minimum atomic E-state index is -0.402. The van der Waals surface area contributed by atoms with E-state index in [2.05, 4.69) is 20.6 Å². The molecule has 0 bridgehead atoms. The smallest absolute Gasteiger partial charge is 0.274 e. The lowest BCUT2D eigenvalue weighted by atomic mass is 10.1. The van der Waals surface area contributed by atoms with Crippen molar-refractivity contribution in [2.75, 3.05) is 39.9 Å². The second kappa shape index (κ2) is 10.6. The zero-order chi connectivity index (χ0) is 23.9. The number of fused-ring (bicyclic) bond motifs is 2. The Hall–Kier alpha value is -4.21. The first kappa shape index (κ1) is 23.0. The largest absolute Gasteiger partial charge is 0.497 e. The van der Waals surface area contributed by atoms with Crippen LogP contribution in [0.15, 0.2) is 48.7 Å². The van der Waals surface area contributed by atoms with Crippen molar-refractivity contribution >= 4 is 28.8 Å². The fraction of sp³-hybridized carbons (Fsp3) is 0.292. The summed E-state index contributed by atoms with van der Waals surface area (Å²) >= 11 is 0. The zero-order valence-electron chi connectivity index (χ0n) is 18.7. The zero-order valence-corrected chi connectivity index (χ0v) is 18.7. The van der Waals surface area contributed by atoms with Gasteiger partial charge in [-0.15, -0.1) is 0 Å². The predicted molar refractivity (Wildman–Crippen MR) is 124 cm³/mol. The molecule has 2 N–H and O–H groups in total. The van der Waals surface area contributed by atoms with E-state index in [1.54, 1.807) is 24.3 Å². The van der Waals surface area contributed by atoms with E-state index in [0.29, 0.717) is 41.1 Å². The summed E-state index contributed by atoms with van der Waals surface area (Å²) in [7, 11) is 1.53. The van der Waals surface area contributed by atoms with Crippen molar-refractivity contribution in [3.05, 3.63) is 59.9 Å². The number of nitrogens with zero attached hydrogens (tertiary/aromatic N) is 3. The van der Waals surface area contributed by atoms with Gasteiger partial charge >= 0.3 is 0 Å². The molecular weight excluding hydrogens is 438 g/mol. The first-order chi connectivity index (χ1) is 16.5. The van der Waals surface area contributed by atoms with Gasteiger partial charge in [-0.05, 0) is 30.7 Å². The first-order valence-electron chi connectivity index (χ1n) is 10.9. The van der Waals surface area contributed by atoms with Crippen LogP contribution in [0, 0.1) is 0 Å². The van der Waals surface area contributed by atoms with E-state index in [4.69, 9.17) is 9.47 Å². The second-order valence-corrected chi connectivity index (χ2v) is 7.64. The Bertz CT molecular complexity index is 1220. The Kier molecular flexibility index (Phi) is 7.16. The molecule has 10 nitrogen and oxygen atoms in total. The standard InChI is InChI=1S/C24H25N5O5/c1-33-16-7-8-17-21(13-16)34-12-10-25-22(30)15-29(11-4-9-26-23(17)31)24(32)20-14-27-18-5-2-3-6-19(18)28-20/h2-3,5-8,13-14H,4,9-12,15H2,1H3,(H,25,30)(H,26,31). The highest BCUT2D eigenvalue weighted by Crippen LogP contribution is 2.25. The van der Waals surface area contributed by atoms with Gasteiger partial charge in [-0.1, -0.05) is 12.1 Å². The Morgan fingerprint density at radius 3 is 2.74 bits per heavy atom. The number of ether oxygens (including phenoxy) is 2. The number of nitrogens with one attached hydrogen (secondary N) is 2. The van der Waals surface area contributed by atoms with Crippen LogP contribution in [0.4, 0.5) is 0 Å². The molecule has 0 unspecified atom stereocenters. The van der Waals surface area contributed by atoms with Gasteiger partial charge in [0.1, 0.15) is 23.8 Å². The van der Waals surface area contributed by atoms with Crippen LogP contribution >= 0.6 is 0 Å². The second-order valence-electron chi connectivity index (χ2n) is 7.64. The molecule has 0 saturated heterocycles. The average Bonchev–Trinajstić information content (AvgIpc) is 2.87. The molecular formula is C24H25N5O5. The lowest BCUT2D eigenvalue weighted by Gasteiger charge is -2.22. The maximum Gasteiger partial charge on any atom is 0.274 e. The number of aromatic nitrogens is 2. The SMILES string of the molecule is COc1ccc2c(c1)OCCNC(=O)CN(C(=O)c1cnc3ccccc3n1)CCCNC2=O. The molecule has 1 aliphatic rings. The van der Waals surface area contributed by atoms with E-state index in [1.165, 1.54) is 18.2 Å². The number of hydrogen-bond donors (Lipinski definition) is 2. The van der Waals surface area contributed by atoms with Crippen molar-refractivity contribution < 1.29 is 23.9 Å². The van der Waals surface area contributed by atoms with Crippen LogP contribution < -0.4 is 20.1 Å². The monoisotopic (exact) mass is 463 g/mol. The predicted octanol–water partition coefficient (Wildman–Crippen LogP) is 1.41. The summed E-state index contributed by atoms with van der Waals surface area (Å²) in [4.78, 5) is 48.4. The van der Waals surface area contributed by atoms with Crippen LogP contribution in [0.3, 0.4) is 0 Å². The van der Waals surface area contributed by atoms with Gasteiger partial charge in [0.15, 0.2) is 0 Å². The molecule has 176 valence electrons. The van der Waals surface area contributed by atoms with E-state index in [9.17, 15) is 14.4 Å². The molecule has 2 heterocycles. The van der Waals surface area contributed by atoms with Crippen LogP contribution in [0.5, 0.6) is 11.5 Å². The van der Waals surface area contributed by atoms with Crippen molar-refractivity contribution in [2.45, 2.75) is 6.42 Å². The van der Waals surface area contributed by atoms with E-state index in [1.807, 2.05) is 18.2 Å². The highest BCUT2D eigenvalue weighted by atomic mass is 16.5. The van der Waals surface area contributed by atoms with Crippen LogP contribution in [0.2, 0.25) is 0 Å². The van der Waals surface area contributed by atoms with Crippen molar-refractivity contribution in [1.82, 2.24) is 25.5 Å². The van der Waals surface area contributed by atoms with Crippen molar-refractivity contribution in [3.8, 4) is 11.5 Å². The third-order valence-corrected chi connectivity index (χ3v) is 5.29. The third-order valence-electron chi connectivity index (χ3n) is 5.29. The van der Waals surface area contributed by atoms with Crippen LogP contribution in [0.1, 0.15) is 27.3 Å². The molecule has 0 saturated carbocycles. The summed E-state index contributed by atoms with van der Waals surface area (Å²) in [6, 6.07) is 12.2. The summed E-state index contributed by atoms with van der Waals surface area (Å²) in [5.74, 6) is -0.0901. The van der Waals surface area contributed by atoms with Crippen molar-refractivity contribution in [2.24, 2.45) is 0 Å². The maximum atomic E-state index is 13.1. The third kappa shape index (κ3) is 5.40. The molecule has 10 heteroatoms. The molecule has 0 spiro atoms. The van der Waals surface area contributed by atoms with Gasteiger partial charge in [0.05, 0.1) is 43.0 Å². The fourth-order valence-electron chi connectivity index (χ4n) is 3.56. The summed E-state index contributed by atoms with van der Waals surface area (Å²) in [6.45, 7) is 0.760. The highest BCUT2D eigenvalue weighted by molar-refractivity contribution is 5.97. The summed E-state index contributed by atoms with van der Waals surface area (Å²) in [5.41, 5.74) is 1.80. The Labute approximate surface area is 196 Å². The highest BCUT2D eigenvalue weighted by Gasteiger charge is 2.21. The van der Waals surface area contributed by atoms with E-state index in [0.717, 1.165) is 0 Å². The van der Waals surface area contributed by atoms with Gasteiger partial charge in [0.25, 0.3) is 11.8 Å². The number of carbonyl (C=O) groups excluding carboxylic acids is 3. The minimum Gasteiger partial charge on any atom is -0.497 e. The summed E-state index contributed by atoms with van der Waals surface area (Å²) in [6.07, 6.45) is 1.85. The van der Waals surface area contributed by atoms with Gasteiger partial charge in [-0.25, -0.2) is 4.98 Å². The molecule has 4 rings (SSSR count). The first-order valence-corrected chi connectivity index (χ1v) is 10.9. The lowest BCUT2D eigenvalue weighted by Crippen LogP contribution is -2.43. The minimum absolute atomic E-state index is 0.142. The fourth-order valence-corrected chi connectivity index (χ4v) is 3.56. The molecule has 1 aromatic heterocycles. The van der Waals surface area contributed by atoms with Crippen LogP contribution in [-0.2, 0) is 4.79 Å². The van der Waals surface area contributed by atoms with Gasteiger partial charge < -0.3 is 25.0 Å². The van der Waals surface area contributed by atoms with Crippen molar-refractivity contribution in [3.63, 3.8) is 0 Å². The Balaban J connectivity index is 1.50. The number of methoxy groups -OCH3 is 1. The quantitative estimate of drug-likeness (QED) is 0.589. The van der Waals surface area contributed by atoms with Gasteiger partial charge in [0.2, 0.25) is 5.91 Å². The van der Waals surface area contributed by atoms with Crippen LogP contribution in [0.25, 0.3) is 11.0 Å². The summed E-state index contributed by atoms with van der Waals surface area (Å²) < 4.78 is 10.9. The number of hydrogen-bond acceptors (Lipinski definition) is 7. The van der Waals surface area contributed by atoms with Gasteiger partial charge in [0, 0.05) is 19.2 Å². The molecule has 0 radical (unpaired) electrons. The number of carbonyl (C=O) groups is 3. The van der Waals surface area contributed by atoms with E-state index >= 15 is 0 Å². The number of amides is 3. The Morgan fingerprint density at radius 1 is 1.09 bits per heavy atom. The molecule has 0 fully saturated rings. The molecule has 1 aliphatic heterocycles. The molecule has 3 amide bonds. The van der Waals surface area contributed by atoms with Gasteiger partial charge in [-0.3, -0.25) is 19.4 Å².